The first kappa shape index (κ1) is 7.74. The van der Waals surface area contributed by atoms with Crippen LogP contribution in [0, 0.1) is 0 Å². The van der Waals surface area contributed by atoms with Gasteiger partial charge < -0.3 is 0 Å². The van der Waals surface area contributed by atoms with Crippen molar-refractivity contribution in [2.45, 2.75) is 6.54 Å². The third kappa shape index (κ3) is 1.78. The zero-order valence-corrected chi connectivity index (χ0v) is 5.83. The van der Waals surface area contributed by atoms with Gasteiger partial charge in [-0.1, -0.05) is 0 Å². The minimum atomic E-state index is -0.321. The molecule has 2 N–H and O–H groups in total. The van der Waals surface area contributed by atoms with Crippen LogP contribution in [0.25, 0.3) is 0 Å². The van der Waals surface area contributed by atoms with Gasteiger partial charge in [-0.25, -0.2) is 4.68 Å². The molecule has 0 unspecified atom stereocenters. The van der Waals surface area contributed by atoms with Crippen LogP contribution in [0.3, 0.4) is 0 Å². The number of rotatable bonds is 2. The number of hydrogen-bond acceptors (Lipinski definition) is 2. The number of nitrogens with zero attached hydrogens (tertiary/aromatic N) is 1. The molecule has 0 aromatic carbocycles. The highest BCUT2D eigenvalue weighted by Gasteiger charge is 1.92. The van der Waals surface area contributed by atoms with E-state index in [1.54, 1.807) is 0 Å². The molecule has 0 bridgehead atoms. The van der Waals surface area contributed by atoms with Gasteiger partial charge in [0.25, 0.3) is 11.1 Å². The molecule has 0 saturated carbocycles. The van der Waals surface area contributed by atoms with Crippen LogP contribution in [-0.2, 0) is 6.54 Å². The summed E-state index contributed by atoms with van der Waals surface area (Å²) in [6, 6.07) is 2.36. The molecule has 0 fully saturated rings. The summed E-state index contributed by atoms with van der Waals surface area (Å²) in [7, 11) is 0. The Morgan fingerprint density at radius 1 is 1.45 bits per heavy atom. The topological polar surface area (TPSA) is 78.7 Å². The van der Waals surface area contributed by atoms with Crippen molar-refractivity contribution < 1.29 is 0 Å². The van der Waals surface area contributed by atoms with Gasteiger partial charge in [0.15, 0.2) is 0 Å². The highest BCUT2D eigenvalue weighted by Crippen LogP contribution is 1.68. The van der Waals surface area contributed by atoms with Crippen molar-refractivity contribution in [1.82, 2.24) is 15.5 Å². The van der Waals surface area contributed by atoms with Gasteiger partial charge in [0, 0.05) is 18.7 Å². The van der Waals surface area contributed by atoms with Crippen LogP contribution < -0.4 is 16.9 Å². The Kier molecular flexibility index (Phi) is 2.22. The molecule has 1 radical (unpaired) electrons. The highest BCUT2D eigenvalue weighted by molar-refractivity contribution is 4.85. The molecule has 5 nitrogen and oxygen atoms in total. The van der Waals surface area contributed by atoms with Crippen LogP contribution in [0.5, 0.6) is 0 Å². The quantitative estimate of drug-likeness (QED) is 0.581. The standard InChI is InChI=1S/C6H8N3O2/c7-3-4-9-6(11)2-1-5(10)8-9/h1-2,7H,3-4H2,(H,8,10). The number of nitrogens with one attached hydrogen (secondary N) is 2. The van der Waals surface area contributed by atoms with Crippen molar-refractivity contribution in [2.24, 2.45) is 0 Å². The fraction of sp³-hybridized carbons (Fsp3) is 0.333. The van der Waals surface area contributed by atoms with Crippen molar-refractivity contribution in [3.8, 4) is 0 Å². The van der Waals surface area contributed by atoms with Crippen LogP contribution >= 0.6 is 0 Å². The van der Waals surface area contributed by atoms with Crippen molar-refractivity contribution in [2.75, 3.05) is 6.54 Å². The summed E-state index contributed by atoms with van der Waals surface area (Å²) < 4.78 is 1.12. The van der Waals surface area contributed by atoms with E-state index >= 15 is 0 Å². The molecule has 5 heteroatoms. The maximum Gasteiger partial charge on any atom is 0.265 e. The first-order valence-corrected chi connectivity index (χ1v) is 3.19. The maximum absolute atomic E-state index is 10.9. The van der Waals surface area contributed by atoms with Crippen LogP contribution in [0.1, 0.15) is 0 Å². The van der Waals surface area contributed by atoms with Gasteiger partial charge in [-0.3, -0.25) is 20.4 Å². The molecule has 0 spiro atoms. The predicted octanol–water partition coefficient (Wildman–Crippen LogP) is -1.18. The molecule has 1 aromatic heterocycles. The van der Waals surface area contributed by atoms with E-state index in [4.69, 9.17) is 5.73 Å². The van der Waals surface area contributed by atoms with Gasteiger partial charge in [0.2, 0.25) is 0 Å². The largest absolute Gasteiger partial charge is 0.268 e. The van der Waals surface area contributed by atoms with E-state index < -0.39 is 0 Å². The van der Waals surface area contributed by atoms with Crippen LogP contribution in [0.4, 0.5) is 0 Å². The van der Waals surface area contributed by atoms with E-state index in [2.05, 4.69) is 5.10 Å². The third-order valence-corrected chi connectivity index (χ3v) is 1.22. The van der Waals surface area contributed by atoms with E-state index in [1.807, 2.05) is 0 Å². The average molecular weight is 154 g/mol. The first-order valence-electron chi connectivity index (χ1n) is 3.19. The van der Waals surface area contributed by atoms with Gasteiger partial charge in [0.05, 0.1) is 6.54 Å². The van der Waals surface area contributed by atoms with Gasteiger partial charge in [-0.05, 0) is 0 Å². The second kappa shape index (κ2) is 3.16. The lowest BCUT2D eigenvalue weighted by atomic mass is 10.5. The number of hydrogen-bond donors (Lipinski definition) is 1. The number of aromatic nitrogens is 2. The highest BCUT2D eigenvalue weighted by atomic mass is 16.1. The zero-order valence-electron chi connectivity index (χ0n) is 5.83. The monoisotopic (exact) mass is 154 g/mol. The molecule has 11 heavy (non-hydrogen) atoms. The Hall–Kier alpha value is -1.36. The molecule has 0 aliphatic heterocycles. The van der Waals surface area contributed by atoms with Gasteiger partial charge in [-0.2, -0.15) is 0 Å². The van der Waals surface area contributed by atoms with Crippen molar-refractivity contribution in [3.63, 3.8) is 0 Å². The second-order valence-corrected chi connectivity index (χ2v) is 2.05. The summed E-state index contributed by atoms with van der Waals surface area (Å²) in [5, 5.41) is 2.31. The Morgan fingerprint density at radius 3 is 2.82 bits per heavy atom. The molecule has 0 atom stereocenters. The molecule has 0 saturated heterocycles. The van der Waals surface area contributed by atoms with Gasteiger partial charge in [0.1, 0.15) is 0 Å². The molecule has 0 aliphatic rings. The molecule has 0 amide bonds. The van der Waals surface area contributed by atoms with E-state index in [0.717, 1.165) is 4.68 Å². The Balaban J connectivity index is 3.13. The minimum absolute atomic E-state index is 0.0832. The van der Waals surface area contributed by atoms with Crippen LogP contribution in [0.15, 0.2) is 21.7 Å². The number of aromatic amines is 1. The molecular formula is C6H8N3O2. The van der Waals surface area contributed by atoms with Crippen molar-refractivity contribution >= 4 is 0 Å². The molecule has 59 valence electrons. The zero-order chi connectivity index (χ0) is 8.27. The second-order valence-electron chi connectivity index (χ2n) is 2.05. The van der Waals surface area contributed by atoms with Gasteiger partial charge >= 0.3 is 0 Å². The van der Waals surface area contributed by atoms with Crippen molar-refractivity contribution in [1.29, 1.82) is 0 Å². The molecule has 1 aromatic rings. The fourth-order valence-electron chi connectivity index (χ4n) is 0.740. The van der Waals surface area contributed by atoms with Crippen LogP contribution in [-0.4, -0.2) is 16.3 Å². The first-order chi connectivity index (χ1) is 5.24. The smallest absolute Gasteiger partial charge is 0.265 e. The molecule has 1 rings (SSSR count). The van der Waals surface area contributed by atoms with Crippen molar-refractivity contribution in [3.05, 3.63) is 32.8 Å². The summed E-state index contributed by atoms with van der Waals surface area (Å²) in [4.78, 5) is 21.5. The predicted molar refractivity (Wildman–Crippen MR) is 39.3 cm³/mol. The average Bonchev–Trinajstić information content (AvgIpc) is 1.98. The molecular weight excluding hydrogens is 146 g/mol. The third-order valence-electron chi connectivity index (χ3n) is 1.22. The lowest BCUT2D eigenvalue weighted by Gasteiger charge is -1.99. The summed E-state index contributed by atoms with van der Waals surface area (Å²) >= 11 is 0. The van der Waals surface area contributed by atoms with E-state index in [-0.39, 0.29) is 24.2 Å². The molecule has 1 heterocycles. The van der Waals surface area contributed by atoms with Crippen LogP contribution in [0.2, 0.25) is 0 Å². The lowest BCUT2D eigenvalue weighted by Crippen LogP contribution is -2.29. The minimum Gasteiger partial charge on any atom is -0.268 e. The Morgan fingerprint density at radius 2 is 2.18 bits per heavy atom. The van der Waals surface area contributed by atoms with E-state index in [1.165, 1.54) is 12.1 Å². The SMILES string of the molecule is [NH]CCn1[nH]c(=O)ccc1=O. The normalized spacial score (nSPS) is 9.91. The van der Waals surface area contributed by atoms with Gasteiger partial charge in [-0.15, -0.1) is 0 Å². The Bertz CT molecular complexity index is 338. The summed E-state index contributed by atoms with van der Waals surface area (Å²) in [5.74, 6) is 0. The summed E-state index contributed by atoms with van der Waals surface area (Å²) in [5.41, 5.74) is 6.22. The van der Waals surface area contributed by atoms with E-state index in [9.17, 15) is 9.59 Å². The maximum atomic E-state index is 10.9. The fourth-order valence-corrected chi connectivity index (χ4v) is 0.740. The lowest BCUT2D eigenvalue weighted by molar-refractivity contribution is 0.574. The number of H-pyrrole nitrogens is 1. The molecule has 0 aliphatic carbocycles. The summed E-state index contributed by atoms with van der Waals surface area (Å²) in [6.45, 7) is 0.314. The van der Waals surface area contributed by atoms with E-state index in [0.29, 0.717) is 0 Å². The summed E-state index contributed by atoms with van der Waals surface area (Å²) in [6.07, 6.45) is 0. The Labute approximate surface area is 62.4 Å².